The van der Waals surface area contributed by atoms with Crippen molar-refractivity contribution < 1.29 is 14.6 Å². The molecule has 3 heteroatoms. The van der Waals surface area contributed by atoms with Gasteiger partial charge in [-0.1, -0.05) is 0 Å². The summed E-state index contributed by atoms with van der Waals surface area (Å²) in [6.45, 7) is 2.10. The van der Waals surface area contributed by atoms with Gasteiger partial charge in [0.2, 0.25) is 0 Å². The van der Waals surface area contributed by atoms with Gasteiger partial charge in [0, 0.05) is 0 Å². The lowest BCUT2D eigenvalue weighted by Crippen LogP contribution is -2.34. The highest BCUT2D eigenvalue weighted by atomic mass is 16.7. The third-order valence-corrected chi connectivity index (χ3v) is 3.38. The Morgan fingerprint density at radius 3 is 2.67 bits per heavy atom. The summed E-state index contributed by atoms with van der Waals surface area (Å²) in [5, 5.41) is 9.54. The van der Waals surface area contributed by atoms with Crippen molar-refractivity contribution in [3.63, 3.8) is 0 Å². The molecular formula is C12H22O3. The van der Waals surface area contributed by atoms with Gasteiger partial charge < -0.3 is 14.6 Å². The van der Waals surface area contributed by atoms with Crippen LogP contribution in [0.4, 0.5) is 0 Å². The van der Waals surface area contributed by atoms with E-state index in [-0.39, 0.29) is 18.5 Å². The molecular weight excluding hydrogens is 192 g/mol. The van der Waals surface area contributed by atoms with E-state index in [1.54, 1.807) is 0 Å². The highest BCUT2D eigenvalue weighted by Gasteiger charge is 2.26. The molecule has 1 heterocycles. The van der Waals surface area contributed by atoms with Crippen LogP contribution in [0.3, 0.4) is 0 Å². The molecule has 2 rings (SSSR count). The topological polar surface area (TPSA) is 38.7 Å². The van der Waals surface area contributed by atoms with Crippen LogP contribution in [0, 0.1) is 0 Å². The molecule has 0 aromatic heterocycles. The van der Waals surface area contributed by atoms with Gasteiger partial charge in [0.25, 0.3) is 0 Å². The van der Waals surface area contributed by atoms with Crippen LogP contribution in [0.15, 0.2) is 0 Å². The Kier molecular flexibility index (Phi) is 4.00. The van der Waals surface area contributed by atoms with Gasteiger partial charge >= 0.3 is 0 Å². The van der Waals surface area contributed by atoms with Crippen molar-refractivity contribution in [3.8, 4) is 0 Å². The van der Waals surface area contributed by atoms with Gasteiger partial charge in [-0.15, -0.1) is 0 Å². The fourth-order valence-electron chi connectivity index (χ4n) is 2.53. The second-order valence-electron chi connectivity index (χ2n) is 4.89. The molecule has 2 aliphatic rings. The summed E-state index contributed by atoms with van der Waals surface area (Å²) in [5.74, 6) is 0. The van der Waals surface area contributed by atoms with Crippen LogP contribution in [0.2, 0.25) is 0 Å². The fraction of sp³-hybridized carbons (Fsp3) is 1.00. The Labute approximate surface area is 91.8 Å². The minimum Gasteiger partial charge on any atom is -0.393 e. The van der Waals surface area contributed by atoms with E-state index >= 15 is 0 Å². The largest absolute Gasteiger partial charge is 0.393 e. The Balaban J connectivity index is 1.75. The molecule has 1 N–H and O–H groups in total. The van der Waals surface area contributed by atoms with Crippen LogP contribution in [0.5, 0.6) is 0 Å². The van der Waals surface area contributed by atoms with E-state index in [4.69, 9.17) is 9.47 Å². The maximum atomic E-state index is 9.54. The van der Waals surface area contributed by atoms with Crippen molar-refractivity contribution in [1.82, 2.24) is 0 Å². The van der Waals surface area contributed by atoms with Crippen LogP contribution in [-0.4, -0.2) is 29.7 Å². The second-order valence-corrected chi connectivity index (χ2v) is 4.89. The zero-order valence-corrected chi connectivity index (χ0v) is 9.52. The quantitative estimate of drug-likeness (QED) is 0.766. The first-order chi connectivity index (χ1) is 7.24. The average molecular weight is 214 g/mol. The first-order valence-electron chi connectivity index (χ1n) is 6.23. The van der Waals surface area contributed by atoms with Crippen molar-refractivity contribution in [1.29, 1.82) is 0 Å². The van der Waals surface area contributed by atoms with Gasteiger partial charge in [0.1, 0.15) is 0 Å². The number of rotatable bonds is 2. The lowest BCUT2D eigenvalue weighted by Gasteiger charge is -2.33. The molecule has 3 unspecified atom stereocenters. The first-order valence-corrected chi connectivity index (χ1v) is 6.23. The number of hydrogen-bond donors (Lipinski definition) is 1. The SMILES string of the molecule is C[C@H]1CCCC(OC2CCCC(O)C2)O1. The van der Waals surface area contributed by atoms with Crippen LogP contribution >= 0.6 is 0 Å². The van der Waals surface area contributed by atoms with Crippen LogP contribution in [0.1, 0.15) is 51.9 Å². The molecule has 4 atom stereocenters. The summed E-state index contributed by atoms with van der Waals surface area (Å²) >= 11 is 0. The van der Waals surface area contributed by atoms with E-state index in [9.17, 15) is 5.11 Å². The van der Waals surface area contributed by atoms with E-state index in [2.05, 4.69) is 6.92 Å². The van der Waals surface area contributed by atoms with E-state index < -0.39 is 0 Å². The van der Waals surface area contributed by atoms with Crippen LogP contribution in [0.25, 0.3) is 0 Å². The molecule has 1 saturated heterocycles. The number of aliphatic hydroxyl groups is 1. The Bertz CT molecular complexity index is 175. The second kappa shape index (κ2) is 5.28. The summed E-state index contributed by atoms with van der Waals surface area (Å²) in [6.07, 6.45) is 7.58. The zero-order chi connectivity index (χ0) is 10.7. The standard InChI is InChI=1S/C12H22O3/c1-9-4-2-7-12(14-9)15-11-6-3-5-10(13)8-11/h9-13H,2-8H2,1H3/t9-,10?,11?,12?/m0/s1. The number of ether oxygens (including phenoxy) is 2. The van der Waals surface area contributed by atoms with Gasteiger partial charge in [-0.2, -0.15) is 0 Å². The molecule has 88 valence electrons. The average Bonchev–Trinajstić information content (AvgIpc) is 2.17. The molecule has 1 aliphatic heterocycles. The van der Waals surface area contributed by atoms with Crippen molar-refractivity contribution >= 4 is 0 Å². The molecule has 0 bridgehead atoms. The molecule has 0 spiro atoms. The van der Waals surface area contributed by atoms with Crippen molar-refractivity contribution in [2.24, 2.45) is 0 Å². The van der Waals surface area contributed by atoms with Crippen LogP contribution < -0.4 is 0 Å². The van der Waals surface area contributed by atoms with Gasteiger partial charge in [0.15, 0.2) is 6.29 Å². The van der Waals surface area contributed by atoms with E-state index in [1.165, 1.54) is 6.42 Å². The molecule has 0 radical (unpaired) electrons. The van der Waals surface area contributed by atoms with Crippen LogP contribution in [-0.2, 0) is 9.47 Å². The highest BCUT2D eigenvalue weighted by Crippen LogP contribution is 2.26. The Hall–Kier alpha value is -0.120. The van der Waals surface area contributed by atoms with Gasteiger partial charge in [-0.3, -0.25) is 0 Å². The summed E-state index contributed by atoms with van der Waals surface area (Å²) in [6, 6.07) is 0. The lowest BCUT2D eigenvalue weighted by molar-refractivity contribution is -0.219. The minimum absolute atomic E-state index is 0.0240. The zero-order valence-electron chi connectivity index (χ0n) is 9.52. The predicted octanol–water partition coefficient (Wildman–Crippen LogP) is 2.22. The summed E-state index contributed by atoms with van der Waals surface area (Å²) in [7, 11) is 0. The van der Waals surface area contributed by atoms with E-state index in [1.807, 2.05) is 0 Å². The van der Waals surface area contributed by atoms with Crippen molar-refractivity contribution in [3.05, 3.63) is 0 Å². The third kappa shape index (κ3) is 3.44. The molecule has 3 nitrogen and oxygen atoms in total. The summed E-state index contributed by atoms with van der Waals surface area (Å²) in [4.78, 5) is 0. The van der Waals surface area contributed by atoms with Gasteiger partial charge in [-0.05, 0) is 51.9 Å². The minimum atomic E-state index is -0.162. The highest BCUT2D eigenvalue weighted by molar-refractivity contribution is 4.73. The smallest absolute Gasteiger partial charge is 0.158 e. The maximum absolute atomic E-state index is 9.54. The fourth-order valence-corrected chi connectivity index (χ4v) is 2.53. The van der Waals surface area contributed by atoms with Crippen molar-refractivity contribution in [2.45, 2.75) is 76.5 Å². The molecule has 2 fully saturated rings. The molecule has 15 heavy (non-hydrogen) atoms. The Morgan fingerprint density at radius 1 is 1.13 bits per heavy atom. The lowest BCUT2D eigenvalue weighted by atomic mass is 9.95. The summed E-state index contributed by atoms with van der Waals surface area (Å²) < 4.78 is 11.6. The Morgan fingerprint density at radius 2 is 1.93 bits per heavy atom. The van der Waals surface area contributed by atoms with Gasteiger partial charge in [0.05, 0.1) is 18.3 Å². The predicted molar refractivity (Wildman–Crippen MR) is 57.5 cm³/mol. The molecule has 0 amide bonds. The summed E-state index contributed by atoms with van der Waals surface area (Å²) in [5.41, 5.74) is 0. The molecule has 1 saturated carbocycles. The molecule has 0 aromatic rings. The number of aliphatic hydroxyl groups excluding tert-OH is 1. The van der Waals surface area contributed by atoms with Gasteiger partial charge in [-0.25, -0.2) is 0 Å². The van der Waals surface area contributed by atoms with E-state index in [0.29, 0.717) is 6.10 Å². The maximum Gasteiger partial charge on any atom is 0.158 e. The first kappa shape index (κ1) is 11.4. The molecule has 1 aliphatic carbocycles. The van der Waals surface area contributed by atoms with Crippen molar-refractivity contribution in [2.75, 3.05) is 0 Å². The normalized spacial score (nSPS) is 42.8. The third-order valence-electron chi connectivity index (χ3n) is 3.38. The van der Waals surface area contributed by atoms with E-state index in [0.717, 1.165) is 38.5 Å². The monoisotopic (exact) mass is 214 g/mol. The molecule has 0 aromatic carbocycles. The number of hydrogen-bond acceptors (Lipinski definition) is 3.